The van der Waals surface area contributed by atoms with Gasteiger partial charge < -0.3 is 41.9 Å². The zero-order valence-corrected chi connectivity index (χ0v) is 36.6. The van der Waals surface area contributed by atoms with Gasteiger partial charge >= 0.3 is 24.4 Å². The average Bonchev–Trinajstić information content (AvgIpc) is 3.78. The van der Waals surface area contributed by atoms with Gasteiger partial charge in [0.05, 0.1) is 134 Å². The Morgan fingerprint density at radius 2 is 0.970 bits per heavy atom. The fourth-order valence-corrected chi connectivity index (χ4v) is 8.44. The van der Waals surface area contributed by atoms with Crippen LogP contribution < -0.4 is 37.4 Å². The highest BCUT2D eigenvalue weighted by atomic mass is 79.9. The molecule has 8 rings (SSSR count). The van der Waals surface area contributed by atoms with E-state index >= 15 is 0 Å². The van der Waals surface area contributed by atoms with Gasteiger partial charge in [-0.05, 0) is 71.8 Å². The first-order valence-corrected chi connectivity index (χ1v) is 20.2. The Balaban J connectivity index is 0.00000648. The van der Waals surface area contributed by atoms with Gasteiger partial charge in [0.2, 0.25) is 0 Å². The van der Waals surface area contributed by atoms with Crippen LogP contribution >= 0.6 is 0 Å². The molecule has 20 heteroatoms. The summed E-state index contributed by atoms with van der Waals surface area (Å²) in [4.78, 5) is 61.3. The minimum absolute atomic E-state index is 0. The van der Waals surface area contributed by atoms with Crippen molar-refractivity contribution in [2.75, 3.05) is 63.2 Å². The lowest BCUT2D eigenvalue weighted by Gasteiger charge is -2.34. The first-order chi connectivity index (χ1) is 30.8. The molecule has 4 aromatic rings. The summed E-state index contributed by atoms with van der Waals surface area (Å²) >= 11 is 0. The smallest absolute Gasteiger partial charge is 0.416 e. The van der Waals surface area contributed by atoms with E-state index in [1.165, 1.54) is 58.3 Å². The van der Waals surface area contributed by atoms with Crippen LogP contribution in [0.3, 0.4) is 0 Å². The molecular weight excluding hydrogens is 936 g/mol. The number of amides is 6. The second-order valence-electron chi connectivity index (χ2n) is 16.6. The third-order valence-electron chi connectivity index (χ3n) is 12.0. The lowest BCUT2D eigenvalue weighted by atomic mass is 9.94. The van der Waals surface area contributed by atoms with E-state index in [1.54, 1.807) is 24.3 Å². The highest BCUT2D eigenvalue weighted by molar-refractivity contribution is 6.08. The number of benzene rings is 4. The van der Waals surface area contributed by atoms with Crippen molar-refractivity contribution in [2.24, 2.45) is 0 Å². The number of hydrogen-bond donors (Lipinski definition) is 2. The van der Waals surface area contributed by atoms with Crippen LogP contribution in [-0.4, -0.2) is 91.5 Å². The summed E-state index contributed by atoms with van der Waals surface area (Å²) in [5.74, 6) is -0.919. The zero-order chi connectivity index (χ0) is 46.6. The van der Waals surface area contributed by atoms with Gasteiger partial charge in [0, 0.05) is 0 Å². The molecule has 6 amide bonds. The zero-order valence-electron chi connectivity index (χ0n) is 35.0. The number of quaternary nitrogens is 1. The molecule has 0 unspecified atom stereocenters. The maximum Gasteiger partial charge on any atom is 0.416 e. The second kappa shape index (κ2) is 17.7. The SMILES string of the molecule is C[N+](C)(CCN1CC2=C(C1=O)[C@@H](c1ccc(C#N)cc1)NC(=O)N2c1cccc(C(F)(F)F)c1)CCN1CC2=C(C1=O)[C@@H](c1ccc(C#N)cc1)NC(=O)N2c1cccc(C(F)(F)F)c1.[Br-]. The van der Waals surface area contributed by atoms with Gasteiger partial charge in [-0.3, -0.25) is 19.4 Å². The molecule has 0 aliphatic carbocycles. The van der Waals surface area contributed by atoms with E-state index < -0.39 is 59.4 Å². The summed E-state index contributed by atoms with van der Waals surface area (Å²) in [6.07, 6.45) is -9.41. The molecule has 66 heavy (non-hydrogen) atoms. The third-order valence-corrected chi connectivity index (χ3v) is 12.0. The van der Waals surface area contributed by atoms with E-state index in [-0.39, 0.29) is 81.6 Å². The van der Waals surface area contributed by atoms with E-state index in [1.807, 2.05) is 26.2 Å². The van der Waals surface area contributed by atoms with E-state index in [9.17, 15) is 56.0 Å². The summed E-state index contributed by atoms with van der Waals surface area (Å²) in [6, 6.07) is 21.5. The van der Waals surface area contributed by atoms with Crippen LogP contribution in [0.2, 0.25) is 0 Å². The topological polar surface area (TPSA) is 153 Å². The Hall–Kier alpha value is -7.16. The highest BCUT2D eigenvalue weighted by Gasteiger charge is 2.47. The van der Waals surface area contributed by atoms with Crippen LogP contribution in [0.1, 0.15) is 45.5 Å². The lowest BCUT2D eigenvalue weighted by Crippen LogP contribution is -3.00. The molecule has 0 radical (unpaired) electrons. The number of alkyl halides is 6. The fraction of sp³-hybridized carbons (Fsp3) is 0.261. The molecule has 4 aliphatic heterocycles. The number of halogens is 7. The van der Waals surface area contributed by atoms with Gasteiger partial charge in [0.15, 0.2) is 0 Å². The number of urea groups is 2. The second-order valence-corrected chi connectivity index (χ2v) is 16.6. The maximum atomic E-state index is 14.3. The summed E-state index contributed by atoms with van der Waals surface area (Å²) in [5, 5.41) is 24.2. The third kappa shape index (κ3) is 8.93. The van der Waals surface area contributed by atoms with Crippen molar-refractivity contribution >= 4 is 35.3 Å². The number of nitrogens with one attached hydrogen (secondary N) is 2. The Morgan fingerprint density at radius 1 is 0.606 bits per heavy atom. The molecule has 0 saturated heterocycles. The first kappa shape index (κ1) is 46.8. The fourth-order valence-electron chi connectivity index (χ4n) is 8.44. The molecule has 0 aromatic heterocycles. The van der Waals surface area contributed by atoms with E-state index in [0.29, 0.717) is 35.3 Å². The minimum Gasteiger partial charge on any atom is -1.00 e. The van der Waals surface area contributed by atoms with E-state index in [0.717, 1.165) is 34.1 Å². The van der Waals surface area contributed by atoms with Crippen molar-refractivity contribution in [3.05, 3.63) is 153 Å². The summed E-state index contributed by atoms with van der Waals surface area (Å²) in [5.41, 5.74) is 0.194. The standard InChI is InChI=1S/C46H37F6N9O4.BrH/c1-61(2,19-17-57-25-35-37(41(57)62)39(29-13-9-27(23-53)10-14-29)55-43(64)59(35)33-7-3-5-31(21-33)45(47,48)49)20-18-58-26-36-38(42(58)63)40(30-15-11-28(24-54)12-16-30)56-44(65)60(36)34-8-4-6-32(22-34)46(50,51)52;/h3-16,21-22,39-40H,17-20,25-26H2,1-2H3,(H-,55,56,64,65);1H/t39-,40-;/m1./s1. The van der Waals surface area contributed by atoms with Crippen LogP contribution in [0, 0.1) is 22.7 Å². The number of nitriles is 2. The molecule has 340 valence electrons. The predicted octanol–water partition coefficient (Wildman–Crippen LogP) is 3.98. The van der Waals surface area contributed by atoms with Crippen molar-refractivity contribution in [2.45, 2.75) is 24.4 Å². The molecule has 0 saturated carbocycles. The van der Waals surface area contributed by atoms with Crippen LogP contribution in [-0.2, 0) is 21.9 Å². The van der Waals surface area contributed by atoms with Crippen molar-refractivity contribution in [3.8, 4) is 12.1 Å². The molecule has 2 N–H and O–H groups in total. The summed E-state index contributed by atoms with van der Waals surface area (Å²) < 4.78 is 83.0. The highest BCUT2D eigenvalue weighted by Crippen LogP contribution is 2.42. The van der Waals surface area contributed by atoms with E-state index in [4.69, 9.17) is 0 Å². The van der Waals surface area contributed by atoms with Gasteiger partial charge in [-0.15, -0.1) is 0 Å². The van der Waals surface area contributed by atoms with Crippen molar-refractivity contribution in [1.29, 1.82) is 10.5 Å². The Kier molecular flexibility index (Phi) is 12.5. The normalized spacial score (nSPS) is 18.7. The van der Waals surface area contributed by atoms with Gasteiger partial charge in [0.1, 0.15) is 0 Å². The van der Waals surface area contributed by atoms with Gasteiger partial charge in [0.25, 0.3) is 11.8 Å². The van der Waals surface area contributed by atoms with Crippen molar-refractivity contribution in [1.82, 2.24) is 20.4 Å². The molecule has 4 aliphatic rings. The number of rotatable bonds is 10. The molecule has 0 spiro atoms. The van der Waals surface area contributed by atoms with Gasteiger partial charge in [-0.25, -0.2) is 9.59 Å². The number of hydrogen-bond acceptors (Lipinski definition) is 6. The van der Waals surface area contributed by atoms with E-state index in [2.05, 4.69) is 10.6 Å². The number of anilines is 2. The van der Waals surface area contributed by atoms with Gasteiger partial charge in [-0.1, -0.05) is 36.4 Å². The van der Waals surface area contributed by atoms with Crippen LogP contribution in [0.15, 0.2) is 120 Å². The van der Waals surface area contributed by atoms with Crippen LogP contribution in [0.25, 0.3) is 0 Å². The quantitative estimate of drug-likeness (QED) is 0.181. The molecule has 0 fully saturated rings. The monoisotopic (exact) mass is 973 g/mol. The molecule has 4 aromatic carbocycles. The van der Waals surface area contributed by atoms with Crippen molar-refractivity contribution < 1.29 is 67.0 Å². The Labute approximate surface area is 384 Å². The number of nitrogens with zero attached hydrogens (tertiary/aromatic N) is 7. The molecule has 13 nitrogen and oxygen atoms in total. The molecular formula is C46H38BrF6N9O4. The summed E-state index contributed by atoms with van der Waals surface area (Å²) in [6.45, 7) is 0.615. The molecule has 0 bridgehead atoms. The largest absolute Gasteiger partial charge is 1.00 e. The number of carbonyl (C=O) groups is 4. The number of carbonyl (C=O) groups excluding carboxylic acids is 4. The first-order valence-electron chi connectivity index (χ1n) is 20.2. The van der Waals surface area contributed by atoms with Gasteiger partial charge in [-0.2, -0.15) is 36.9 Å². The molecule has 4 heterocycles. The maximum absolute atomic E-state index is 14.3. The summed E-state index contributed by atoms with van der Waals surface area (Å²) in [7, 11) is 3.72. The average molecular weight is 975 g/mol. The van der Waals surface area contributed by atoms with Crippen LogP contribution in [0.4, 0.5) is 47.3 Å². The Morgan fingerprint density at radius 3 is 1.30 bits per heavy atom. The van der Waals surface area contributed by atoms with Crippen LogP contribution in [0.5, 0.6) is 0 Å². The minimum atomic E-state index is -4.70. The van der Waals surface area contributed by atoms with Crippen molar-refractivity contribution in [3.63, 3.8) is 0 Å². The number of likely N-dealkylation sites (N-methyl/N-ethyl adjacent to an activating group) is 1. The molecule has 2 atom stereocenters. The Bertz CT molecular complexity index is 2590. The predicted molar refractivity (Wildman–Crippen MR) is 222 cm³/mol. The lowest BCUT2D eigenvalue weighted by molar-refractivity contribution is -0.889.